The normalized spacial score (nSPS) is 28.7. The second kappa shape index (κ2) is 5.63. The Kier molecular flexibility index (Phi) is 4.46. The summed E-state index contributed by atoms with van der Waals surface area (Å²) in [6.45, 7) is 3.49. The van der Waals surface area contributed by atoms with Gasteiger partial charge in [0.25, 0.3) is 0 Å². The first-order valence-electron chi connectivity index (χ1n) is 5.40. The van der Waals surface area contributed by atoms with E-state index in [0.717, 1.165) is 12.8 Å². The van der Waals surface area contributed by atoms with E-state index in [4.69, 9.17) is 0 Å². The first kappa shape index (κ1) is 12.7. The summed E-state index contributed by atoms with van der Waals surface area (Å²) in [4.78, 5) is 21.7. The molecule has 0 bridgehead atoms. The summed E-state index contributed by atoms with van der Waals surface area (Å²) >= 11 is 0. The standard InChI is InChI=1S/C11H17NO4/c1-3-4-8-5-6-9(11(13)16-2)10(8)7-12(14)15/h3,8-10H,1,4-7H2,2H3. The molecular formula is C11H17NO4. The largest absolute Gasteiger partial charge is 0.469 e. The molecule has 0 N–H and O–H groups in total. The van der Waals surface area contributed by atoms with Crippen molar-refractivity contribution in [2.45, 2.75) is 19.3 Å². The van der Waals surface area contributed by atoms with Crippen LogP contribution in [-0.2, 0) is 9.53 Å². The number of nitrogens with zero attached hydrogens (tertiary/aromatic N) is 1. The first-order valence-corrected chi connectivity index (χ1v) is 5.40. The van der Waals surface area contributed by atoms with Crippen molar-refractivity contribution in [1.29, 1.82) is 0 Å². The predicted octanol–water partition coefficient (Wildman–Crippen LogP) is 1.65. The molecule has 3 atom stereocenters. The summed E-state index contributed by atoms with van der Waals surface area (Å²) < 4.78 is 4.69. The molecule has 1 fully saturated rings. The van der Waals surface area contributed by atoms with Crippen LogP contribution in [0.1, 0.15) is 19.3 Å². The van der Waals surface area contributed by atoms with Gasteiger partial charge >= 0.3 is 5.97 Å². The van der Waals surface area contributed by atoms with Gasteiger partial charge in [0, 0.05) is 10.8 Å². The number of nitro groups is 1. The lowest BCUT2D eigenvalue weighted by Gasteiger charge is -2.18. The van der Waals surface area contributed by atoms with E-state index >= 15 is 0 Å². The Labute approximate surface area is 94.6 Å². The number of rotatable bonds is 5. The second-order valence-corrected chi connectivity index (χ2v) is 4.17. The van der Waals surface area contributed by atoms with Gasteiger partial charge in [0.1, 0.15) is 0 Å². The van der Waals surface area contributed by atoms with Crippen molar-refractivity contribution >= 4 is 5.97 Å². The zero-order chi connectivity index (χ0) is 12.1. The monoisotopic (exact) mass is 227 g/mol. The average molecular weight is 227 g/mol. The Morgan fingerprint density at radius 3 is 2.81 bits per heavy atom. The number of esters is 1. The SMILES string of the molecule is C=CCC1CCC(C(=O)OC)C1C[N+](=O)[O-]. The highest BCUT2D eigenvalue weighted by molar-refractivity contribution is 5.73. The van der Waals surface area contributed by atoms with Crippen molar-refractivity contribution in [2.75, 3.05) is 13.7 Å². The van der Waals surface area contributed by atoms with Gasteiger partial charge in [-0.2, -0.15) is 0 Å². The van der Waals surface area contributed by atoms with Crippen molar-refractivity contribution < 1.29 is 14.5 Å². The number of ether oxygens (including phenoxy) is 1. The maximum Gasteiger partial charge on any atom is 0.309 e. The minimum Gasteiger partial charge on any atom is -0.469 e. The van der Waals surface area contributed by atoms with E-state index in [2.05, 4.69) is 11.3 Å². The van der Waals surface area contributed by atoms with Crippen molar-refractivity contribution in [1.82, 2.24) is 0 Å². The van der Waals surface area contributed by atoms with Crippen LogP contribution in [0, 0.1) is 27.9 Å². The van der Waals surface area contributed by atoms with E-state index < -0.39 is 0 Å². The number of carbonyl (C=O) groups is 1. The van der Waals surface area contributed by atoms with Crippen LogP contribution >= 0.6 is 0 Å². The Bertz CT molecular complexity index is 290. The molecule has 1 aliphatic carbocycles. The Morgan fingerprint density at radius 2 is 2.31 bits per heavy atom. The zero-order valence-electron chi connectivity index (χ0n) is 9.43. The van der Waals surface area contributed by atoms with E-state index in [1.807, 2.05) is 0 Å². The van der Waals surface area contributed by atoms with Crippen LogP contribution in [0.4, 0.5) is 0 Å². The molecule has 0 amide bonds. The van der Waals surface area contributed by atoms with Gasteiger partial charge in [0.05, 0.1) is 13.0 Å². The van der Waals surface area contributed by atoms with Gasteiger partial charge < -0.3 is 4.74 Å². The van der Waals surface area contributed by atoms with Gasteiger partial charge in [0.15, 0.2) is 0 Å². The predicted molar refractivity (Wildman–Crippen MR) is 58.4 cm³/mol. The van der Waals surface area contributed by atoms with E-state index in [1.54, 1.807) is 6.08 Å². The first-order chi connectivity index (χ1) is 7.60. The van der Waals surface area contributed by atoms with Crippen LogP contribution in [0.2, 0.25) is 0 Å². The second-order valence-electron chi connectivity index (χ2n) is 4.17. The Hall–Kier alpha value is -1.39. The van der Waals surface area contributed by atoms with Gasteiger partial charge in [-0.3, -0.25) is 14.9 Å². The average Bonchev–Trinajstić information content (AvgIpc) is 2.61. The van der Waals surface area contributed by atoms with Crippen molar-refractivity contribution in [3.8, 4) is 0 Å². The number of allylic oxidation sites excluding steroid dienone is 1. The molecule has 90 valence electrons. The molecule has 1 rings (SSSR count). The minimum absolute atomic E-state index is 0.154. The third-order valence-corrected chi connectivity index (χ3v) is 3.30. The lowest BCUT2D eigenvalue weighted by Crippen LogP contribution is -2.29. The zero-order valence-corrected chi connectivity index (χ0v) is 9.43. The maximum atomic E-state index is 11.5. The quantitative estimate of drug-likeness (QED) is 0.310. The Balaban J connectivity index is 2.74. The van der Waals surface area contributed by atoms with Crippen LogP contribution < -0.4 is 0 Å². The van der Waals surface area contributed by atoms with E-state index in [0.29, 0.717) is 6.42 Å². The summed E-state index contributed by atoms with van der Waals surface area (Å²) in [6.07, 6.45) is 4.01. The van der Waals surface area contributed by atoms with E-state index in [9.17, 15) is 14.9 Å². The highest BCUT2D eigenvalue weighted by atomic mass is 16.6. The van der Waals surface area contributed by atoms with Gasteiger partial charge in [-0.25, -0.2) is 0 Å². The van der Waals surface area contributed by atoms with Crippen LogP contribution in [-0.4, -0.2) is 24.5 Å². The number of hydrogen-bond acceptors (Lipinski definition) is 4. The molecule has 0 aromatic heterocycles. The summed E-state index contributed by atoms with van der Waals surface area (Å²) in [5, 5.41) is 10.6. The van der Waals surface area contributed by atoms with Crippen LogP contribution in [0.3, 0.4) is 0 Å². The molecule has 1 aliphatic rings. The summed E-state index contributed by atoms with van der Waals surface area (Å²) in [6, 6.07) is 0. The van der Waals surface area contributed by atoms with Gasteiger partial charge in [-0.1, -0.05) is 6.08 Å². The van der Waals surface area contributed by atoms with Gasteiger partial charge in [-0.05, 0) is 25.2 Å². The van der Waals surface area contributed by atoms with Crippen molar-refractivity contribution in [3.63, 3.8) is 0 Å². The molecule has 0 spiro atoms. The molecule has 0 heterocycles. The third-order valence-electron chi connectivity index (χ3n) is 3.30. The fraction of sp³-hybridized carbons (Fsp3) is 0.727. The highest BCUT2D eigenvalue weighted by Crippen LogP contribution is 2.39. The summed E-state index contributed by atoms with van der Waals surface area (Å²) in [7, 11) is 1.33. The molecule has 0 aliphatic heterocycles. The number of hydrogen-bond donors (Lipinski definition) is 0. The molecular weight excluding hydrogens is 210 g/mol. The molecule has 0 aromatic carbocycles. The molecule has 1 saturated carbocycles. The molecule has 16 heavy (non-hydrogen) atoms. The van der Waals surface area contributed by atoms with Gasteiger partial charge in [0.2, 0.25) is 6.54 Å². The maximum absolute atomic E-state index is 11.5. The smallest absolute Gasteiger partial charge is 0.309 e. The topological polar surface area (TPSA) is 69.4 Å². The molecule has 0 radical (unpaired) electrons. The van der Waals surface area contributed by atoms with Crippen LogP contribution in [0.25, 0.3) is 0 Å². The number of methoxy groups -OCH3 is 1. The Morgan fingerprint density at radius 1 is 1.62 bits per heavy atom. The lowest BCUT2D eigenvalue weighted by atomic mass is 9.87. The highest BCUT2D eigenvalue weighted by Gasteiger charge is 2.42. The van der Waals surface area contributed by atoms with Gasteiger partial charge in [-0.15, -0.1) is 6.58 Å². The molecule has 5 heteroatoms. The fourth-order valence-electron chi connectivity index (χ4n) is 2.55. The summed E-state index contributed by atoms with van der Waals surface area (Å²) in [5.74, 6) is -0.661. The molecule has 0 saturated heterocycles. The minimum atomic E-state index is -0.345. The molecule has 5 nitrogen and oxygen atoms in total. The summed E-state index contributed by atoms with van der Waals surface area (Å²) in [5.41, 5.74) is 0. The van der Waals surface area contributed by atoms with E-state index in [-0.39, 0.29) is 35.2 Å². The fourth-order valence-corrected chi connectivity index (χ4v) is 2.55. The van der Waals surface area contributed by atoms with Crippen molar-refractivity contribution in [3.05, 3.63) is 22.8 Å². The van der Waals surface area contributed by atoms with E-state index in [1.165, 1.54) is 7.11 Å². The molecule has 0 aromatic rings. The number of carbonyl (C=O) groups excluding carboxylic acids is 1. The third kappa shape index (κ3) is 2.81. The lowest BCUT2D eigenvalue weighted by molar-refractivity contribution is -0.490. The van der Waals surface area contributed by atoms with Crippen LogP contribution in [0.15, 0.2) is 12.7 Å². The van der Waals surface area contributed by atoms with Crippen LogP contribution in [0.5, 0.6) is 0 Å². The molecule has 3 unspecified atom stereocenters. The van der Waals surface area contributed by atoms with Crippen molar-refractivity contribution in [2.24, 2.45) is 17.8 Å².